The van der Waals surface area contributed by atoms with E-state index in [9.17, 15) is 9.59 Å². The van der Waals surface area contributed by atoms with E-state index in [1.54, 1.807) is 24.3 Å². The van der Waals surface area contributed by atoms with E-state index in [-0.39, 0.29) is 11.8 Å². The quantitative estimate of drug-likeness (QED) is 0.486. The first kappa shape index (κ1) is 23.3. The van der Waals surface area contributed by atoms with E-state index < -0.39 is 0 Å². The lowest BCUT2D eigenvalue weighted by Gasteiger charge is -2.27. The van der Waals surface area contributed by atoms with Crippen molar-refractivity contribution in [3.8, 4) is 0 Å². The summed E-state index contributed by atoms with van der Waals surface area (Å²) in [5.41, 5.74) is 2.40. The van der Waals surface area contributed by atoms with Gasteiger partial charge in [-0.3, -0.25) is 9.59 Å². The number of hydrogen-bond donors (Lipinski definition) is 1. The molecule has 0 radical (unpaired) electrons. The zero-order valence-electron chi connectivity index (χ0n) is 18.6. The summed E-state index contributed by atoms with van der Waals surface area (Å²) in [4.78, 5) is 31.8. The molecule has 33 heavy (non-hydrogen) atoms. The Bertz CT molecular complexity index is 1110. The van der Waals surface area contributed by atoms with E-state index in [0.29, 0.717) is 50.0 Å². The summed E-state index contributed by atoms with van der Waals surface area (Å²) < 4.78 is 7.41. The second-order valence-electron chi connectivity index (χ2n) is 8.14. The lowest BCUT2D eigenvalue weighted by Crippen LogP contribution is -2.42. The summed E-state index contributed by atoms with van der Waals surface area (Å²) in [7, 11) is 0. The SMILES string of the molecule is O=C(NCCCCCc1nc2ccccc2n1CC(=O)N1CCOCC1)c1ccccc1Cl. The summed E-state index contributed by atoms with van der Waals surface area (Å²) in [6.45, 7) is 3.35. The van der Waals surface area contributed by atoms with Gasteiger partial charge in [-0.25, -0.2) is 4.98 Å². The van der Waals surface area contributed by atoms with Gasteiger partial charge in [0.1, 0.15) is 12.4 Å². The molecule has 0 aliphatic carbocycles. The molecular formula is C25H29ClN4O3. The highest BCUT2D eigenvalue weighted by Gasteiger charge is 2.20. The number of para-hydroxylation sites is 2. The fraction of sp³-hybridized carbons (Fsp3) is 0.400. The van der Waals surface area contributed by atoms with Gasteiger partial charge in [0.15, 0.2) is 0 Å². The first-order valence-corrected chi connectivity index (χ1v) is 11.8. The van der Waals surface area contributed by atoms with Gasteiger partial charge < -0.3 is 19.5 Å². The van der Waals surface area contributed by atoms with E-state index in [1.165, 1.54) is 0 Å². The van der Waals surface area contributed by atoms with Gasteiger partial charge >= 0.3 is 0 Å². The molecule has 8 heteroatoms. The number of amides is 2. The highest BCUT2D eigenvalue weighted by Crippen LogP contribution is 2.19. The number of aromatic nitrogens is 2. The maximum Gasteiger partial charge on any atom is 0.252 e. The van der Waals surface area contributed by atoms with Crippen LogP contribution in [-0.4, -0.2) is 59.1 Å². The highest BCUT2D eigenvalue weighted by atomic mass is 35.5. The Morgan fingerprint density at radius 3 is 2.58 bits per heavy atom. The number of nitrogens with zero attached hydrogens (tertiary/aromatic N) is 3. The zero-order valence-corrected chi connectivity index (χ0v) is 19.4. The number of benzene rings is 2. The zero-order chi connectivity index (χ0) is 23.0. The molecule has 0 unspecified atom stereocenters. The van der Waals surface area contributed by atoms with E-state index in [0.717, 1.165) is 42.5 Å². The van der Waals surface area contributed by atoms with Crippen molar-refractivity contribution in [2.75, 3.05) is 32.8 Å². The van der Waals surface area contributed by atoms with Gasteiger partial charge in [-0.15, -0.1) is 0 Å². The third-order valence-corrected chi connectivity index (χ3v) is 6.20. The number of halogens is 1. The van der Waals surface area contributed by atoms with Gasteiger partial charge in [0.05, 0.1) is 34.8 Å². The Hall–Kier alpha value is -2.90. The van der Waals surface area contributed by atoms with Crippen LogP contribution in [0.1, 0.15) is 35.4 Å². The lowest BCUT2D eigenvalue weighted by atomic mass is 10.1. The number of fused-ring (bicyclic) bond motifs is 1. The molecule has 0 spiro atoms. The second-order valence-corrected chi connectivity index (χ2v) is 8.55. The summed E-state index contributed by atoms with van der Waals surface area (Å²) in [5.74, 6) is 0.881. The number of carbonyl (C=O) groups excluding carboxylic acids is 2. The minimum absolute atomic E-state index is 0.102. The number of hydrogen-bond acceptors (Lipinski definition) is 4. The fourth-order valence-corrected chi connectivity index (χ4v) is 4.29. The number of ether oxygens (including phenoxy) is 1. The van der Waals surface area contributed by atoms with Crippen LogP contribution in [0.25, 0.3) is 11.0 Å². The molecule has 0 bridgehead atoms. The van der Waals surface area contributed by atoms with Gasteiger partial charge in [-0.1, -0.05) is 42.3 Å². The molecule has 1 saturated heterocycles. The number of nitrogens with one attached hydrogen (secondary N) is 1. The molecule has 1 N–H and O–H groups in total. The van der Waals surface area contributed by atoms with Gasteiger partial charge in [-0.05, 0) is 37.1 Å². The van der Waals surface area contributed by atoms with Crippen molar-refractivity contribution in [3.63, 3.8) is 0 Å². The van der Waals surface area contributed by atoms with Gasteiger partial charge in [0.25, 0.3) is 5.91 Å². The molecule has 2 amide bonds. The molecule has 174 valence electrons. The predicted octanol–water partition coefficient (Wildman–Crippen LogP) is 3.69. The van der Waals surface area contributed by atoms with Crippen molar-refractivity contribution in [1.29, 1.82) is 0 Å². The number of unbranched alkanes of at least 4 members (excludes halogenated alkanes) is 2. The number of imidazole rings is 1. The molecule has 4 rings (SSSR count). The Kier molecular flexibility index (Phi) is 7.96. The molecular weight excluding hydrogens is 440 g/mol. The molecule has 7 nitrogen and oxygen atoms in total. The van der Waals surface area contributed by atoms with Crippen molar-refractivity contribution in [3.05, 3.63) is 64.9 Å². The van der Waals surface area contributed by atoms with Crippen LogP contribution in [-0.2, 0) is 22.5 Å². The summed E-state index contributed by atoms with van der Waals surface area (Å²) >= 11 is 6.08. The van der Waals surface area contributed by atoms with E-state index in [4.69, 9.17) is 21.3 Å². The van der Waals surface area contributed by atoms with Crippen LogP contribution in [0, 0.1) is 0 Å². The molecule has 1 aliphatic heterocycles. The first-order chi connectivity index (χ1) is 16.1. The fourth-order valence-electron chi connectivity index (χ4n) is 4.07. The largest absolute Gasteiger partial charge is 0.378 e. The Labute approximate surface area is 198 Å². The molecule has 1 fully saturated rings. The van der Waals surface area contributed by atoms with E-state index in [1.807, 2.05) is 33.7 Å². The van der Waals surface area contributed by atoms with Crippen LogP contribution in [0.15, 0.2) is 48.5 Å². The molecule has 1 aromatic heterocycles. The minimum atomic E-state index is -0.149. The molecule has 3 aromatic rings. The van der Waals surface area contributed by atoms with E-state index >= 15 is 0 Å². The summed E-state index contributed by atoms with van der Waals surface area (Å²) in [6.07, 6.45) is 3.52. The van der Waals surface area contributed by atoms with Crippen molar-refractivity contribution in [2.45, 2.75) is 32.2 Å². The number of aryl methyl sites for hydroxylation is 1. The molecule has 2 aromatic carbocycles. The topological polar surface area (TPSA) is 76.5 Å². The lowest BCUT2D eigenvalue weighted by molar-refractivity contribution is -0.135. The summed E-state index contributed by atoms with van der Waals surface area (Å²) in [5, 5.41) is 3.39. The monoisotopic (exact) mass is 468 g/mol. The standard InChI is InChI=1S/C25H29ClN4O3/c26-20-9-4-3-8-19(20)25(32)27-13-7-1-2-12-23-28-21-10-5-6-11-22(21)30(23)18-24(31)29-14-16-33-17-15-29/h3-6,8-11H,1-2,7,12-18H2,(H,27,32). The van der Waals surface area contributed by atoms with Crippen molar-refractivity contribution < 1.29 is 14.3 Å². The minimum Gasteiger partial charge on any atom is -0.378 e. The van der Waals surface area contributed by atoms with Crippen LogP contribution >= 0.6 is 11.6 Å². The van der Waals surface area contributed by atoms with Crippen molar-refractivity contribution in [2.24, 2.45) is 0 Å². The smallest absolute Gasteiger partial charge is 0.252 e. The second kappa shape index (κ2) is 11.3. The highest BCUT2D eigenvalue weighted by molar-refractivity contribution is 6.33. The van der Waals surface area contributed by atoms with Crippen molar-refractivity contribution in [1.82, 2.24) is 19.8 Å². The average Bonchev–Trinajstić information content (AvgIpc) is 3.19. The third-order valence-electron chi connectivity index (χ3n) is 5.87. The third kappa shape index (κ3) is 5.92. The maximum absolute atomic E-state index is 12.9. The molecule has 0 atom stereocenters. The molecule has 1 aliphatic rings. The van der Waals surface area contributed by atoms with Crippen LogP contribution in [0.5, 0.6) is 0 Å². The molecule has 2 heterocycles. The molecule has 0 saturated carbocycles. The predicted molar refractivity (Wildman–Crippen MR) is 128 cm³/mol. The average molecular weight is 469 g/mol. The Balaban J connectivity index is 1.30. The van der Waals surface area contributed by atoms with Crippen LogP contribution in [0.4, 0.5) is 0 Å². The number of rotatable bonds is 9. The van der Waals surface area contributed by atoms with Crippen LogP contribution < -0.4 is 5.32 Å². The maximum atomic E-state index is 12.9. The van der Waals surface area contributed by atoms with Crippen LogP contribution in [0.3, 0.4) is 0 Å². The van der Waals surface area contributed by atoms with Gasteiger partial charge in [0, 0.05) is 26.1 Å². The number of morpholine rings is 1. The van der Waals surface area contributed by atoms with E-state index in [2.05, 4.69) is 5.32 Å². The van der Waals surface area contributed by atoms with Crippen LogP contribution in [0.2, 0.25) is 5.02 Å². The summed E-state index contributed by atoms with van der Waals surface area (Å²) in [6, 6.07) is 15.0. The Morgan fingerprint density at radius 2 is 1.76 bits per heavy atom. The Morgan fingerprint density at radius 1 is 1.00 bits per heavy atom. The number of carbonyl (C=O) groups is 2. The normalized spacial score (nSPS) is 13.9. The van der Waals surface area contributed by atoms with Gasteiger partial charge in [-0.2, -0.15) is 0 Å². The first-order valence-electron chi connectivity index (χ1n) is 11.5. The van der Waals surface area contributed by atoms with Gasteiger partial charge in [0.2, 0.25) is 5.91 Å². The van der Waals surface area contributed by atoms with Crippen molar-refractivity contribution >= 4 is 34.4 Å².